The molecule has 0 aliphatic heterocycles. The number of aliphatic hydroxyl groups excluding tert-OH is 1. The summed E-state index contributed by atoms with van der Waals surface area (Å²) in [5, 5.41) is 13.9. The van der Waals surface area contributed by atoms with E-state index < -0.39 is 6.10 Å². The average Bonchev–Trinajstić information content (AvgIpc) is 2.33. The highest BCUT2D eigenvalue weighted by Crippen LogP contribution is 2.25. The van der Waals surface area contributed by atoms with Gasteiger partial charge in [0.05, 0.1) is 22.8 Å². The summed E-state index contributed by atoms with van der Waals surface area (Å²) in [5.41, 5.74) is 1.07. The molecule has 2 N–H and O–H groups in total. The fourth-order valence-electron chi connectivity index (χ4n) is 1.64. The summed E-state index contributed by atoms with van der Waals surface area (Å²) in [5.74, 6) is 0. The van der Waals surface area contributed by atoms with Crippen LogP contribution in [0, 0.1) is 0 Å². The van der Waals surface area contributed by atoms with E-state index in [2.05, 4.69) is 5.32 Å². The summed E-state index contributed by atoms with van der Waals surface area (Å²) in [7, 11) is 1.58. The summed E-state index contributed by atoms with van der Waals surface area (Å²) in [6, 6.07) is 5.75. The Hall–Kier alpha value is -0.320. The van der Waals surface area contributed by atoms with Crippen molar-refractivity contribution in [3.63, 3.8) is 0 Å². The van der Waals surface area contributed by atoms with Gasteiger partial charge in [-0.2, -0.15) is 0 Å². The van der Waals surface area contributed by atoms with Gasteiger partial charge < -0.3 is 15.2 Å². The van der Waals surface area contributed by atoms with Crippen LogP contribution in [0.25, 0.3) is 0 Å². The average molecular weight is 292 g/mol. The van der Waals surface area contributed by atoms with Crippen molar-refractivity contribution in [3.05, 3.63) is 33.8 Å². The molecule has 2 unspecified atom stereocenters. The Morgan fingerprint density at radius 2 is 2.06 bits per heavy atom. The lowest BCUT2D eigenvalue weighted by Crippen LogP contribution is -2.25. The molecule has 0 heterocycles. The first-order chi connectivity index (χ1) is 8.54. The van der Waals surface area contributed by atoms with Gasteiger partial charge in [0.25, 0.3) is 0 Å². The molecule has 0 amide bonds. The summed E-state index contributed by atoms with van der Waals surface area (Å²) in [6.45, 7) is 3.12. The number of ether oxygens (including phenoxy) is 1. The highest BCUT2D eigenvalue weighted by Gasteiger charge is 2.08. The van der Waals surface area contributed by atoms with Crippen LogP contribution in [0.3, 0.4) is 0 Å². The molecule has 3 nitrogen and oxygen atoms in total. The lowest BCUT2D eigenvalue weighted by Gasteiger charge is -2.16. The molecule has 18 heavy (non-hydrogen) atoms. The van der Waals surface area contributed by atoms with Gasteiger partial charge in [-0.15, -0.1) is 0 Å². The molecule has 5 heteroatoms. The third kappa shape index (κ3) is 5.12. The highest BCUT2D eigenvalue weighted by molar-refractivity contribution is 6.42. The first kappa shape index (κ1) is 15.7. The summed E-state index contributed by atoms with van der Waals surface area (Å²) < 4.78 is 4.86. The fourth-order valence-corrected chi connectivity index (χ4v) is 1.95. The van der Waals surface area contributed by atoms with Crippen molar-refractivity contribution >= 4 is 23.2 Å². The number of hydrogen-bond acceptors (Lipinski definition) is 3. The quantitative estimate of drug-likeness (QED) is 0.811. The van der Waals surface area contributed by atoms with Crippen LogP contribution in [-0.4, -0.2) is 31.5 Å². The van der Waals surface area contributed by atoms with Gasteiger partial charge in [0.1, 0.15) is 0 Å². The fraction of sp³-hybridized carbons (Fsp3) is 0.538. The second-order valence-corrected chi connectivity index (χ2v) is 5.06. The second kappa shape index (κ2) is 7.97. The smallest absolute Gasteiger partial charge is 0.0785 e. The van der Waals surface area contributed by atoms with E-state index in [9.17, 15) is 5.11 Å². The molecule has 2 atom stereocenters. The van der Waals surface area contributed by atoms with Crippen LogP contribution in [0.5, 0.6) is 0 Å². The van der Waals surface area contributed by atoms with Gasteiger partial charge >= 0.3 is 0 Å². The monoisotopic (exact) mass is 291 g/mol. The van der Waals surface area contributed by atoms with Crippen molar-refractivity contribution in [2.45, 2.75) is 25.5 Å². The van der Waals surface area contributed by atoms with Gasteiger partial charge in [-0.3, -0.25) is 0 Å². The van der Waals surface area contributed by atoms with Crippen molar-refractivity contribution in [1.29, 1.82) is 0 Å². The van der Waals surface area contributed by atoms with Crippen LogP contribution in [0.4, 0.5) is 0 Å². The van der Waals surface area contributed by atoms with Gasteiger partial charge in [-0.05, 0) is 37.6 Å². The Balaban J connectivity index is 2.40. The Morgan fingerprint density at radius 1 is 1.33 bits per heavy atom. The minimum atomic E-state index is -0.427. The molecule has 1 rings (SSSR count). The van der Waals surface area contributed by atoms with E-state index in [4.69, 9.17) is 27.9 Å². The van der Waals surface area contributed by atoms with Crippen molar-refractivity contribution in [1.82, 2.24) is 5.32 Å². The lowest BCUT2D eigenvalue weighted by atomic mass is 10.1. The van der Waals surface area contributed by atoms with Crippen LogP contribution in [0.15, 0.2) is 18.2 Å². The van der Waals surface area contributed by atoms with Crippen LogP contribution in [0.2, 0.25) is 10.0 Å². The maximum Gasteiger partial charge on any atom is 0.0785 e. The normalized spacial score (nSPS) is 14.5. The predicted molar refractivity (Wildman–Crippen MR) is 75.4 cm³/mol. The summed E-state index contributed by atoms with van der Waals surface area (Å²) in [4.78, 5) is 0. The van der Waals surface area contributed by atoms with Crippen molar-refractivity contribution in [3.8, 4) is 0 Å². The van der Waals surface area contributed by atoms with Gasteiger partial charge in [0, 0.05) is 13.2 Å². The molecule has 1 aromatic carbocycles. The number of benzene rings is 1. The molecule has 0 bridgehead atoms. The molecule has 102 valence electrons. The third-order valence-electron chi connectivity index (χ3n) is 2.73. The topological polar surface area (TPSA) is 41.5 Å². The van der Waals surface area contributed by atoms with Gasteiger partial charge in [-0.1, -0.05) is 29.3 Å². The molecule has 1 aromatic rings. The maximum absolute atomic E-state index is 9.51. The van der Waals surface area contributed by atoms with E-state index >= 15 is 0 Å². The molecule has 0 fully saturated rings. The number of hydrogen-bond donors (Lipinski definition) is 2. The Bertz CT molecular complexity index is 374. The molecule has 0 aromatic heterocycles. The van der Waals surface area contributed by atoms with E-state index in [0.29, 0.717) is 29.6 Å². The second-order valence-electron chi connectivity index (χ2n) is 4.25. The van der Waals surface area contributed by atoms with Crippen molar-refractivity contribution in [2.75, 3.05) is 20.3 Å². The largest absolute Gasteiger partial charge is 0.391 e. The standard InChI is InChI=1S/C13H19Cl2NO2/c1-9(16-6-5-11(17)8-18-2)10-3-4-12(14)13(15)7-10/h3-4,7,9,11,16-17H,5-6,8H2,1-2H3. The zero-order chi connectivity index (χ0) is 13.5. The maximum atomic E-state index is 9.51. The van der Waals surface area contributed by atoms with E-state index in [1.165, 1.54) is 0 Å². The van der Waals surface area contributed by atoms with E-state index in [-0.39, 0.29) is 6.04 Å². The van der Waals surface area contributed by atoms with Crippen LogP contribution < -0.4 is 5.32 Å². The van der Waals surface area contributed by atoms with E-state index in [0.717, 1.165) is 5.56 Å². The predicted octanol–water partition coefficient (Wildman–Crippen LogP) is 3.04. The van der Waals surface area contributed by atoms with Crippen molar-refractivity contribution < 1.29 is 9.84 Å². The van der Waals surface area contributed by atoms with Gasteiger partial charge in [-0.25, -0.2) is 0 Å². The zero-order valence-corrected chi connectivity index (χ0v) is 12.1. The highest BCUT2D eigenvalue weighted by atomic mass is 35.5. The van der Waals surface area contributed by atoms with E-state index in [1.807, 2.05) is 19.1 Å². The molecule has 0 saturated heterocycles. The molecule has 0 aliphatic rings. The molecule has 0 aliphatic carbocycles. The Morgan fingerprint density at radius 3 is 2.67 bits per heavy atom. The van der Waals surface area contributed by atoms with Crippen LogP contribution >= 0.6 is 23.2 Å². The number of methoxy groups -OCH3 is 1. The minimum absolute atomic E-state index is 0.162. The van der Waals surface area contributed by atoms with Gasteiger partial charge in [0.15, 0.2) is 0 Å². The molecular weight excluding hydrogens is 273 g/mol. The zero-order valence-electron chi connectivity index (χ0n) is 10.6. The Kier molecular flexibility index (Phi) is 6.97. The molecular formula is C13H19Cl2NO2. The Labute approximate surface area is 118 Å². The number of halogens is 2. The number of nitrogens with one attached hydrogen (secondary N) is 1. The van der Waals surface area contributed by atoms with Crippen molar-refractivity contribution in [2.24, 2.45) is 0 Å². The number of aliphatic hydroxyl groups is 1. The van der Waals surface area contributed by atoms with Gasteiger partial charge in [0.2, 0.25) is 0 Å². The SMILES string of the molecule is COCC(O)CCNC(C)c1ccc(Cl)c(Cl)c1. The number of rotatable bonds is 7. The van der Waals surface area contributed by atoms with Crippen LogP contribution in [-0.2, 0) is 4.74 Å². The first-order valence-corrected chi connectivity index (χ1v) is 6.65. The minimum Gasteiger partial charge on any atom is -0.391 e. The van der Waals surface area contributed by atoms with Crippen LogP contribution in [0.1, 0.15) is 24.9 Å². The molecule has 0 spiro atoms. The first-order valence-electron chi connectivity index (χ1n) is 5.90. The molecule has 0 saturated carbocycles. The summed E-state index contributed by atoms with van der Waals surface area (Å²) in [6.07, 6.45) is 0.225. The third-order valence-corrected chi connectivity index (χ3v) is 3.47. The van der Waals surface area contributed by atoms with E-state index in [1.54, 1.807) is 13.2 Å². The molecule has 0 radical (unpaired) electrons. The lowest BCUT2D eigenvalue weighted by molar-refractivity contribution is 0.0590. The summed E-state index contributed by atoms with van der Waals surface area (Å²) >= 11 is 11.8.